The Morgan fingerprint density at radius 3 is 2.35 bits per heavy atom. The number of ether oxygens (including phenoxy) is 3. The summed E-state index contributed by atoms with van der Waals surface area (Å²) in [5.41, 5.74) is -0.0244. The van der Waals surface area contributed by atoms with Gasteiger partial charge in [0.05, 0.1) is 30.8 Å². The van der Waals surface area contributed by atoms with Crippen LogP contribution in [0.2, 0.25) is 0 Å². The highest BCUT2D eigenvalue weighted by atomic mass is 35.5. The third-order valence-electron chi connectivity index (χ3n) is 2.58. The van der Waals surface area contributed by atoms with Crippen molar-refractivity contribution in [1.29, 1.82) is 0 Å². The van der Waals surface area contributed by atoms with E-state index in [1.165, 1.54) is 33.3 Å². The standard InChI is InChI=1S/C12H14ClNO6/c1-7(20-12(15)6-13)8-4-10(18-2)11(19-3)5-9(8)14(16)17/h4-5,7H,6H2,1-3H3. The number of nitro benzene ring substituents is 1. The number of hydrogen-bond donors (Lipinski definition) is 0. The van der Waals surface area contributed by atoms with Gasteiger partial charge in [-0.3, -0.25) is 14.9 Å². The van der Waals surface area contributed by atoms with E-state index in [4.69, 9.17) is 25.8 Å². The molecule has 1 aromatic rings. The minimum atomic E-state index is -0.832. The number of nitrogens with zero attached hydrogens (tertiary/aromatic N) is 1. The summed E-state index contributed by atoms with van der Waals surface area (Å²) >= 11 is 5.34. The van der Waals surface area contributed by atoms with Gasteiger partial charge in [0, 0.05) is 0 Å². The van der Waals surface area contributed by atoms with Crippen LogP contribution in [0.5, 0.6) is 11.5 Å². The molecule has 0 aliphatic rings. The fourth-order valence-electron chi connectivity index (χ4n) is 1.66. The number of carbonyl (C=O) groups excluding carboxylic acids is 1. The largest absolute Gasteiger partial charge is 0.493 e. The van der Waals surface area contributed by atoms with Crippen LogP contribution in [0.4, 0.5) is 5.69 Å². The minimum Gasteiger partial charge on any atom is -0.493 e. The van der Waals surface area contributed by atoms with E-state index in [1.54, 1.807) is 0 Å². The Kier molecular flexibility index (Phi) is 5.57. The summed E-state index contributed by atoms with van der Waals surface area (Å²) < 4.78 is 15.1. The predicted octanol–water partition coefficient (Wildman–Crippen LogP) is 2.46. The van der Waals surface area contributed by atoms with E-state index in [0.717, 1.165) is 0 Å². The molecule has 1 unspecified atom stereocenters. The smallest absolute Gasteiger partial charge is 0.321 e. The van der Waals surface area contributed by atoms with Gasteiger partial charge in [0.25, 0.3) is 5.69 Å². The molecule has 0 N–H and O–H groups in total. The van der Waals surface area contributed by atoms with Gasteiger partial charge in [-0.25, -0.2) is 0 Å². The van der Waals surface area contributed by atoms with Gasteiger partial charge in [-0.2, -0.15) is 0 Å². The van der Waals surface area contributed by atoms with Crippen LogP contribution in [0.25, 0.3) is 0 Å². The molecule has 110 valence electrons. The second-order valence-corrected chi connectivity index (χ2v) is 4.06. The first kappa shape index (κ1) is 16.0. The summed E-state index contributed by atoms with van der Waals surface area (Å²) in [7, 11) is 2.78. The summed E-state index contributed by atoms with van der Waals surface area (Å²) in [4.78, 5) is 21.7. The summed E-state index contributed by atoms with van der Waals surface area (Å²) in [6.45, 7) is 1.51. The van der Waals surface area contributed by atoms with Crippen molar-refractivity contribution in [2.45, 2.75) is 13.0 Å². The lowest BCUT2D eigenvalue weighted by atomic mass is 10.1. The van der Waals surface area contributed by atoms with Gasteiger partial charge in [-0.15, -0.1) is 11.6 Å². The second-order valence-electron chi connectivity index (χ2n) is 3.79. The number of nitro groups is 1. The molecule has 7 nitrogen and oxygen atoms in total. The van der Waals surface area contributed by atoms with Gasteiger partial charge in [0.1, 0.15) is 12.0 Å². The molecule has 0 fully saturated rings. The van der Waals surface area contributed by atoms with E-state index in [-0.39, 0.29) is 22.9 Å². The van der Waals surface area contributed by atoms with E-state index in [1.807, 2.05) is 0 Å². The third-order valence-corrected chi connectivity index (χ3v) is 2.80. The molecule has 8 heteroatoms. The molecule has 0 spiro atoms. The van der Waals surface area contributed by atoms with Crippen LogP contribution in [-0.4, -0.2) is 31.0 Å². The molecular formula is C12H14ClNO6. The summed E-state index contributed by atoms with van der Waals surface area (Å²) in [6, 6.07) is 2.63. The maximum Gasteiger partial charge on any atom is 0.321 e. The summed E-state index contributed by atoms with van der Waals surface area (Å²) in [5.74, 6) is -0.463. The second kappa shape index (κ2) is 6.95. The highest BCUT2D eigenvalue weighted by molar-refractivity contribution is 6.26. The number of benzene rings is 1. The monoisotopic (exact) mass is 303 g/mol. The van der Waals surface area contributed by atoms with Crippen LogP contribution in [0.3, 0.4) is 0 Å². The Morgan fingerprint density at radius 2 is 1.90 bits per heavy atom. The van der Waals surface area contributed by atoms with Crippen molar-refractivity contribution in [1.82, 2.24) is 0 Å². The van der Waals surface area contributed by atoms with Crippen LogP contribution in [0.1, 0.15) is 18.6 Å². The number of alkyl halides is 1. The average Bonchev–Trinajstić information content (AvgIpc) is 2.45. The zero-order chi connectivity index (χ0) is 15.3. The first-order chi connectivity index (χ1) is 9.44. The minimum absolute atomic E-state index is 0.200. The van der Waals surface area contributed by atoms with Crippen molar-refractivity contribution >= 4 is 23.3 Å². The van der Waals surface area contributed by atoms with Crippen molar-refractivity contribution in [3.8, 4) is 11.5 Å². The maximum absolute atomic E-state index is 11.2. The van der Waals surface area contributed by atoms with E-state index in [9.17, 15) is 14.9 Å². The van der Waals surface area contributed by atoms with Crippen LogP contribution in [-0.2, 0) is 9.53 Å². The highest BCUT2D eigenvalue weighted by Gasteiger charge is 2.25. The molecular weight excluding hydrogens is 290 g/mol. The molecule has 0 aliphatic heterocycles. The SMILES string of the molecule is COc1cc(C(C)OC(=O)CCl)c([N+](=O)[O-])cc1OC. The van der Waals surface area contributed by atoms with Crippen molar-refractivity contribution in [2.24, 2.45) is 0 Å². The molecule has 1 aromatic carbocycles. The van der Waals surface area contributed by atoms with Gasteiger partial charge in [-0.1, -0.05) is 0 Å². The third kappa shape index (κ3) is 3.51. The Hall–Kier alpha value is -2.02. The number of halogens is 1. The zero-order valence-corrected chi connectivity index (χ0v) is 12.0. The molecule has 0 heterocycles. The number of hydrogen-bond acceptors (Lipinski definition) is 6. The van der Waals surface area contributed by atoms with Crippen LogP contribution in [0, 0.1) is 10.1 Å². The van der Waals surface area contributed by atoms with Gasteiger partial charge in [0.15, 0.2) is 11.5 Å². The molecule has 1 atom stereocenters. The van der Waals surface area contributed by atoms with E-state index < -0.39 is 17.0 Å². The average molecular weight is 304 g/mol. The molecule has 0 amide bonds. The summed E-state index contributed by atoms with van der Waals surface area (Å²) in [6.07, 6.45) is -0.832. The lowest BCUT2D eigenvalue weighted by Gasteiger charge is -2.15. The lowest BCUT2D eigenvalue weighted by molar-refractivity contribution is -0.386. The number of methoxy groups -OCH3 is 2. The molecule has 0 bridgehead atoms. The molecule has 1 rings (SSSR count). The molecule has 0 aromatic heterocycles. The van der Waals surface area contributed by atoms with Crippen LogP contribution in [0.15, 0.2) is 12.1 Å². The van der Waals surface area contributed by atoms with Gasteiger partial charge < -0.3 is 14.2 Å². The molecule has 0 saturated carbocycles. The van der Waals surface area contributed by atoms with Crippen LogP contribution < -0.4 is 9.47 Å². The van der Waals surface area contributed by atoms with Crippen molar-refractivity contribution in [3.63, 3.8) is 0 Å². The maximum atomic E-state index is 11.2. The molecule has 0 saturated heterocycles. The van der Waals surface area contributed by atoms with Crippen molar-refractivity contribution in [3.05, 3.63) is 27.8 Å². The van der Waals surface area contributed by atoms with Gasteiger partial charge >= 0.3 is 5.97 Å². The Labute approximate surface area is 120 Å². The summed E-state index contributed by atoms with van der Waals surface area (Å²) in [5, 5.41) is 11.1. The predicted molar refractivity (Wildman–Crippen MR) is 71.4 cm³/mol. The normalized spacial score (nSPS) is 11.6. The fourth-order valence-corrected chi connectivity index (χ4v) is 1.72. The van der Waals surface area contributed by atoms with E-state index in [2.05, 4.69) is 0 Å². The van der Waals surface area contributed by atoms with Crippen molar-refractivity contribution < 1.29 is 23.9 Å². The number of carbonyl (C=O) groups is 1. The molecule has 0 aliphatic carbocycles. The highest BCUT2D eigenvalue weighted by Crippen LogP contribution is 2.38. The molecule has 0 radical (unpaired) electrons. The molecule has 20 heavy (non-hydrogen) atoms. The fraction of sp³-hybridized carbons (Fsp3) is 0.417. The number of esters is 1. The van der Waals surface area contributed by atoms with Crippen molar-refractivity contribution in [2.75, 3.05) is 20.1 Å². The van der Waals surface area contributed by atoms with E-state index >= 15 is 0 Å². The Bertz CT molecular complexity index is 519. The first-order valence-corrected chi connectivity index (χ1v) is 6.13. The Morgan fingerprint density at radius 1 is 1.35 bits per heavy atom. The quantitative estimate of drug-likeness (QED) is 0.347. The topological polar surface area (TPSA) is 87.9 Å². The first-order valence-electron chi connectivity index (χ1n) is 5.60. The lowest BCUT2D eigenvalue weighted by Crippen LogP contribution is -2.11. The van der Waals surface area contributed by atoms with Gasteiger partial charge in [-0.05, 0) is 13.0 Å². The number of rotatable bonds is 6. The van der Waals surface area contributed by atoms with Gasteiger partial charge in [0.2, 0.25) is 0 Å². The Balaban J connectivity index is 3.28. The zero-order valence-electron chi connectivity index (χ0n) is 11.2. The van der Waals surface area contributed by atoms with Crippen LogP contribution >= 0.6 is 11.6 Å². The van der Waals surface area contributed by atoms with E-state index in [0.29, 0.717) is 5.75 Å².